The summed E-state index contributed by atoms with van der Waals surface area (Å²) in [5.74, 6) is 0. The first-order chi connectivity index (χ1) is 6.29. The Morgan fingerprint density at radius 1 is 1.38 bits per heavy atom. The molecule has 0 atom stereocenters. The van der Waals surface area contributed by atoms with Crippen LogP contribution in [0, 0.1) is 0 Å². The Morgan fingerprint density at radius 3 is 2.85 bits per heavy atom. The quantitative estimate of drug-likeness (QED) is 0.479. The average Bonchev–Trinajstić information content (AvgIpc) is 2.14. The third-order valence-electron chi connectivity index (χ3n) is 2.02. The van der Waals surface area contributed by atoms with Gasteiger partial charge in [0, 0.05) is 20.3 Å². The van der Waals surface area contributed by atoms with Crippen molar-refractivity contribution in [2.24, 2.45) is 5.10 Å². The van der Waals surface area contributed by atoms with Crippen LogP contribution in [0.15, 0.2) is 28.9 Å². The summed E-state index contributed by atoms with van der Waals surface area (Å²) in [6.07, 6.45) is 13.5. The predicted octanol–water partition coefficient (Wildman–Crippen LogP) is 2.59. The van der Waals surface area contributed by atoms with Crippen LogP contribution in [0.5, 0.6) is 0 Å². The van der Waals surface area contributed by atoms with E-state index in [2.05, 4.69) is 17.3 Å². The van der Waals surface area contributed by atoms with Crippen LogP contribution in [0.25, 0.3) is 0 Å². The largest absolute Gasteiger partial charge is 0.303 e. The smallest absolute Gasteiger partial charge is 0.0470 e. The van der Waals surface area contributed by atoms with E-state index in [0.717, 1.165) is 0 Å². The number of allylic oxidation sites excluding steroid dienone is 4. The molecular formula is C11H18N2. The van der Waals surface area contributed by atoms with Crippen LogP contribution in [-0.4, -0.2) is 25.3 Å². The molecule has 13 heavy (non-hydrogen) atoms. The zero-order valence-corrected chi connectivity index (χ0v) is 8.53. The fraction of sp³-hybridized carbons (Fsp3) is 0.545. The molecule has 0 saturated carbocycles. The van der Waals surface area contributed by atoms with E-state index >= 15 is 0 Å². The Morgan fingerprint density at radius 2 is 2.23 bits per heavy atom. The Bertz CT molecular complexity index is 224. The van der Waals surface area contributed by atoms with E-state index in [4.69, 9.17) is 0 Å². The Balaban J connectivity index is 2.34. The molecule has 0 N–H and O–H groups in total. The number of hydrazone groups is 1. The van der Waals surface area contributed by atoms with Gasteiger partial charge in [0.15, 0.2) is 0 Å². The first-order valence-corrected chi connectivity index (χ1v) is 4.86. The second-order valence-corrected chi connectivity index (χ2v) is 3.50. The SMILES string of the molecule is CN(C)N=CC=CC1=CCCCC1. The van der Waals surface area contributed by atoms with Crippen molar-refractivity contribution >= 4 is 6.21 Å². The minimum atomic E-state index is 1.23. The average molecular weight is 178 g/mol. The van der Waals surface area contributed by atoms with Gasteiger partial charge in [-0.15, -0.1) is 0 Å². The minimum absolute atomic E-state index is 1.23. The minimum Gasteiger partial charge on any atom is -0.303 e. The highest BCUT2D eigenvalue weighted by Gasteiger charge is 1.98. The van der Waals surface area contributed by atoms with Gasteiger partial charge in [-0.2, -0.15) is 5.10 Å². The molecule has 0 heterocycles. The van der Waals surface area contributed by atoms with Gasteiger partial charge in [-0.05, 0) is 31.8 Å². The van der Waals surface area contributed by atoms with Crippen molar-refractivity contribution < 1.29 is 0 Å². The molecule has 0 radical (unpaired) electrons. The van der Waals surface area contributed by atoms with Crippen molar-refractivity contribution in [2.45, 2.75) is 25.7 Å². The number of hydrogen-bond donors (Lipinski definition) is 0. The van der Waals surface area contributed by atoms with Gasteiger partial charge in [0.1, 0.15) is 0 Å². The van der Waals surface area contributed by atoms with Crippen LogP contribution < -0.4 is 0 Å². The van der Waals surface area contributed by atoms with Gasteiger partial charge < -0.3 is 5.01 Å². The summed E-state index contributed by atoms with van der Waals surface area (Å²) in [7, 11) is 3.84. The molecule has 0 saturated heterocycles. The van der Waals surface area contributed by atoms with Gasteiger partial charge in [0.25, 0.3) is 0 Å². The van der Waals surface area contributed by atoms with Gasteiger partial charge in [0.2, 0.25) is 0 Å². The van der Waals surface area contributed by atoms with Gasteiger partial charge >= 0.3 is 0 Å². The molecular weight excluding hydrogens is 160 g/mol. The van der Waals surface area contributed by atoms with E-state index in [9.17, 15) is 0 Å². The maximum Gasteiger partial charge on any atom is 0.0470 e. The molecule has 0 aliphatic heterocycles. The van der Waals surface area contributed by atoms with Crippen molar-refractivity contribution in [3.63, 3.8) is 0 Å². The summed E-state index contributed by atoms with van der Waals surface area (Å²) < 4.78 is 0. The van der Waals surface area contributed by atoms with Gasteiger partial charge in [-0.3, -0.25) is 0 Å². The topological polar surface area (TPSA) is 15.6 Å². The van der Waals surface area contributed by atoms with Crippen LogP contribution >= 0.6 is 0 Å². The molecule has 0 aromatic carbocycles. The molecule has 0 fully saturated rings. The summed E-state index contributed by atoms with van der Waals surface area (Å²) >= 11 is 0. The van der Waals surface area contributed by atoms with E-state index in [1.54, 1.807) is 5.01 Å². The maximum absolute atomic E-state index is 4.10. The second-order valence-electron chi connectivity index (χ2n) is 3.50. The highest BCUT2D eigenvalue weighted by Crippen LogP contribution is 2.17. The zero-order chi connectivity index (χ0) is 9.52. The van der Waals surface area contributed by atoms with Gasteiger partial charge in [-0.25, -0.2) is 0 Å². The normalized spacial score (nSPS) is 18.2. The van der Waals surface area contributed by atoms with E-state index < -0.39 is 0 Å². The molecule has 72 valence electrons. The third-order valence-corrected chi connectivity index (χ3v) is 2.02. The molecule has 0 unspecified atom stereocenters. The van der Waals surface area contributed by atoms with E-state index in [-0.39, 0.29) is 0 Å². The second kappa shape index (κ2) is 5.57. The molecule has 1 aliphatic carbocycles. The monoisotopic (exact) mass is 178 g/mol. The molecule has 0 spiro atoms. The summed E-state index contributed by atoms with van der Waals surface area (Å²) in [5, 5.41) is 5.89. The Labute approximate surface area is 80.6 Å². The summed E-state index contributed by atoms with van der Waals surface area (Å²) in [6.45, 7) is 0. The van der Waals surface area contributed by atoms with Crippen LogP contribution in [0.1, 0.15) is 25.7 Å². The lowest BCUT2D eigenvalue weighted by Gasteiger charge is -2.07. The lowest BCUT2D eigenvalue weighted by atomic mass is 9.99. The van der Waals surface area contributed by atoms with E-state index in [1.165, 1.54) is 31.3 Å². The first kappa shape index (κ1) is 10.0. The van der Waals surface area contributed by atoms with Crippen LogP contribution in [0.2, 0.25) is 0 Å². The third kappa shape index (κ3) is 4.51. The van der Waals surface area contributed by atoms with E-state index in [0.29, 0.717) is 0 Å². The van der Waals surface area contributed by atoms with Crippen molar-refractivity contribution in [2.75, 3.05) is 14.1 Å². The summed E-state index contributed by atoms with van der Waals surface area (Å²) in [4.78, 5) is 0. The molecule has 1 aliphatic rings. The lowest BCUT2D eigenvalue weighted by molar-refractivity contribution is 0.440. The van der Waals surface area contributed by atoms with Crippen LogP contribution in [0.4, 0.5) is 0 Å². The maximum atomic E-state index is 4.10. The fourth-order valence-electron chi connectivity index (χ4n) is 1.35. The predicted molar refractivity (Wildman–Crippen MR) is 57.9 cm³/mol. The lowest BCUT2D eigenvalue weighted by Crippen LogP contribution is -2.00. The summed E-state index contributed by atoms with van der Waals surface area (Å²) in [6, 6.07) is 0. The van der Waals surface area contributed by atoms with Crippen molar-refractivity contribution in [1.29, 1.82) is 0 Å². The fourth-order valence-corrected chi connectivity index (χ4v) is 1.35. The highest BCUT2D eigenvalue weighted by atomic mass is 15.4. The number of hydrogen-bond acceptors (Lipinski definition) is 2. The summed E-state index contributed by atoms with van der Waals surface area (Å²) in [5.41, 5.74) is 1.46. The number of nitrogens with zero attached hydrogens (tertiary/aromatic N) is 2. The van der Waals surface area contributed by atoms with Gasteiger partial charge in [0.05, 0.1) is 0 Å². The highest BCUT2D eigenvalue weighted by molar-refractivity contribution is 5.71. The van der Waals surface area contributed by atoms with Crippen molar-refractivity contribution in [1.82, 2.24) is 5.01 Å². The molecule has 0 amide bonds. The molecule has 0 bridgehead atoms. The van der Waals surface area contributed by atoms with Gasteiger partial charge in [-0.1, -0.05) is 17.7 Å². The molecule has 2 heteroatoms. The first-order valence-electron chi connectivity index (χ1n) is 4.86. The van der Waals surface area contributed by atoms with Crippen LogP contribution in [-0.2, 0) is 0 Å². The molecule has 2 nitrogen and oxygen atoms in total. The molecule has 0 aromatic heterocycles. The standard InChI is InChI=1S/C11H18N2/c1-13(2)12-10-6-9-11-7-4-3-5-8-11/h6-7,9-10H,3-5,8H2,1-2H3. The zero-order valence-electron chi connectivity index (χ0n) is 8.53. The van der Waals surface area contributed by atoms with E-state index in [1.807, 2.05) is 26.4 Å². The number of rotatable bonds is 3. The van der Waals surface area contributed by atoms with Crippen molar-refractivity contribution in [3.8, 4) is 0 Å². The van der Waals surface area contributed by atoms with Crippen molar-refractivity contribution in [3.05, 3.63) is 23.8 Å². The Kier molecular flexibility index (Phi) is 4.30. The van der Waals surface area contributed by atoms with Crippen LogP contribution in [0.3, 0.4) is 0 Å². The molecule has 1 rings (SSSR count). The Hall–Kier alpha value is -1.05. The molecule has 0 aromatic rings.